The van der Waals surface area contributed by atoms with E-state index in [-0.39, 0.29) is 12.4 Å². The van der Waals surface area contributed by atoms with E-state index in [0.29, 0.717) is 5.29 Å². The first-order chi connectivity index (χ1) is 3.18. The van der Waals surface area contributed by atoms with Crippen LogP contribution in [0.5, 0.6) is 0 Å². The Morgan fingerprint density at radius 1 is 1.50 bits per heavy atom. The zero-order valence-electron chi connectivity index (χ0n) is 5.18. The average Bonchev–Trinajstić information content (AvgIpc) is 1.65. The van der Waals surface area contributed by atoms with Gasteiger partial charge in [0, 0.05) is 21.1 Å². The quantitative estimate of drug-likeness (QED) is 0.293. The van der Waals surface area contributed by atoms with Crippen molar-refractivity contribution in [2.45, 2.75) is 0 Å². The smallest absolute Gasteiger partial charge is 0.193 e. The summed E-state index contributed by atoms with van der Waals surface area (Å²) in [4.78, 5) is 5.43. The zero-order valence-corrected chi connectivity index (χ0v) is 6.75. The Kier molecular flexibility index (Phi) is 7.09. The Bertz CT molecular complexity index is 80.1. The molecule has 0 saturated carbocycles. The minimum Gasteiger partial charge on any atom is -0.353 e. The van der Waals surface area contributed by atoms with Crippen molar-refractivity contribution in [3.8, 4) is 0 Å². The predicted octanol–water partition coefficient (Wildman–Crippen LogP) is 1.19. The molecule has 0 aliphatic carbocycles. The molecule has 0 aliphatic rings. The molecule has 0 amide bonds. The molecule has 0 N–H and O–H groups in total. The third kappa shape index (κ3) is 4.22. The summed E-state index contributed by atoms with van der Waals surface area (Å²) in [5, 5.41) is 0.528. The van der Waals surface area contributed by atoms with E-state index in [9.17, 15) is 0 Å². The summed E-state index contributed by atoms with van der Waals surface area (Å²) >= 11 is 5.48. The van der Waals surface area contributed by atoms with Crippen LogP contribution >= 0.6 is 24.0 Å². The van der Waals surface area contributed by atoms with Gasteiger partial charge in [-0.25, -0.2) is 0 Å². The molecule has 0 aromatic rings. The molecule has 0 bridgehead atoms. The third-order valence-electron chi connectivity index (χ3n) is 0.554. The van der Waals surface area contributed by atoms with Gasteiger partial charge in [-0.3, -0.25) is 4.99 Å². The van der Waals surface area contributed by atoms with Crippen LogP contribution in [0.1, 0.15) is 0 Å². The lowest BCUT2D eigenvalue weighted by Gasteiger charge is -2.05. The normalized spacial score (nSPS) is 10.2. The highest BCUT2D eigenvalue weighted by Crippen LogP contribution is 1.85. The van der Waals surface area contributed by atoms with Gasteiger partial charge in [-0.15, -0.1) is 12.4 Å². The molecule has 0 aromatic carbocycles. The second-order valence-corrected chi connectivity index (χ2v) is 1.73. The second-order valence-electron chi connectivity index (χ2n) is 1.39. The van der Waals surface area contributed by atoms with Gasteiger partial charge >= 0.3 is 0 Å². The summed E-state index contributed by atoms with van der Waals surface area (Å²) in [5.74, 6) is 0. The summed E-state index contributed by atoms with van der Waals surface area (Å²) in [7, 11) is 5.34. The fourth-order valence-electron chi connectivity index (χ4n) is 0.200. The fourth-order valence-corrected chi connectivity index (χ4v) is 0.200. The molecule has 2 nitrogen and oxygen atoms in total. The average molecular weight is 157 g/mol. The molecule has 0 unspecified atom stereocenters. The van der Waals surface area contributed by atoms with Gasteiger partial charge in [-0.05, 0) is 11.6 Å². The van der Waals surface area contributed by atoms with Crippen LogP contribution in [-0.4, -0.2) is 31.3 Å². The fraction of sp³-hybridized carbons (Fsp3) is 0.750. The third-order valence-corrected chi connectivity index (χ3v) is 1.06. The molecule has 0 saturated heterocycles. The van der Waals surface area contributed by atoms with Gasteiger partial charge < -0.3 is 4.90 Å². The van der Waals surface area contributed by atoms with Gasteiger partial charge in [0.05, 0.1) is 0 Å². The van der Waals surface area contributed by atoms with Crippen molar-refractivity contribution in [3.05, 3.63) is 0 Å². The second kappa shape index (κ2) is 5.19. The number of amidine groups is 1. The van der Waals surface area contributed by atoms with Gasteiger partial charge in [0.15, 0.2) is 5.29 Å². The van der Waals surface area contributed by atoms with Gasteiger partial charge in [-0.1, -0.05) is 0 Å². The van der Waals surface area contributed by atoms with Crippen LogP contribution < -0.4 is 0 Å². The first-order valence-electron chi connectivity index (χ1n) is 1.98. The lowest BCUT2D eigenvalue weighted by atomic mass is 10.9. The highest BCUT2D eigenvalue weighted by atomic mass is 35.5. The first-order valence-corrected chi connectivity index (χ1v) is 2.36. The van der Waals surface area contributed by atoms with E-state index < -0.39 is 0 Å². The van der Waals surface area contributed by atoms with E-state index in [1.165, 1.54) is 0 Å². The van der Waals surface area contributed by atoms with Crippen molar-refractivity contribution >= 4 is 29.3 Å². The van der Waals surface area contributed by atoms with E-state index in [1.54, 1.807) is 11.9 Å². The van der Waals surface area contributed by atoms with Crippen molar-refractivity contribution in [1.82, 2.24) is 4.90 Å². The SMILES string of the molecule is C/N=C(\Cl)N(C)C.Cl. The summed E-state index contributed by atoms with van der Waals surface area (Å²) in [5.41, 5.74) is 0. The lowest BCUT2D eigenvalue weighted by Crippen LogP contribution is -2.15. The number of aliphatic imine (C=N–C) groups is 1. The molecule has 8 heavy (non-hydrogen) atoms. The van der Waals surface area contributed by atoms with E-state index >= 15 is 0 Å². The van der Waals surface area contributed by atoms with E-state index in [2.05, 4.69) is 4.99 Å². The van der Waals surface area contributed by atoms with Gasteiger partial charge in [0.25, 0.3) is 0 Å². The summed E-state index contributed by atoms with van der Waals surface area (Å²) in [6.07, 6.45) is 0. The maximum atomic E-state index is 5.48. The Morgan fingerprint density at radius 2 is 1.88 bits per heavy atom. The molecule has 0 fully saturated rings. The lowest BCUT2D eigenvalue weighted by molar-refractivity contribution is 0.633. The van der Waals surface area contributed by atoms with Crippen LogP contribution in [0.3, 0.4) is 0 Å². The molecule has 4 heteroatoms. The first kappa shape index (κ1) is 10.9. The van der Waals surface area contributed by atoms with E-state index in [1.807, 2.05) is 14.1 Å². The Morgan fingerprint density at radius 3 is 1.88 bits per heavy atom. The molecule has 0 aliphatic heterocycles. The van der Waals surface area contributed by atoms with Crippen LogP contribution in [0.25, 0.3) is 0 Å². The number of rotatable bonds is 0. The number of hydrogen-bond donors (Lipinski definition) is 0. The van der Waals surface area contributed by atoms with Gasteiger partial charge in [0.1, 0.15) is 0 Å². The van der Waals surface area contributed by atoms with Crippen LogP contribution in [0.15, 0.2) is 4.99 Å². The molecule has 50 valence electrons. The highest BCUT2D eigenvalue weighted by molar-refractivity contribution is 6.64. The summed E-state index contributed by atoms with van der Waals surface area (Å²) in [6.45, 7) is 0. The zero-order chi connectivity index (χ0) is 5.86. The minimum absolute atomic E-state index is 0. The predicted molar refractivity (Wildman–Crippen MR) is 40.1 cm³/mol. The number of hydrogen-bond acceptors (Lipinski definition) is 1. The summed E-state index contributed by atoms with van der Waals surface area (Å²) in [6, 6.07) is 0. The monoisotopic (exact) mass is 156 g/mol. The van der Waals surface area contributed by atoms with Crippen molar-refractivity contribution in [2.75, 3.05) is 21.1 Å². The van der Waals surface area contributed by atoms with Crippen LogP contribution in [0.4, 0.5) is 0 Å². The van der Waals surface area contributed by atoms with Crippen molar-refractivity contribution < 1.29 is 0 Å². The number of halogens is 2. The van der Waals surface area contributed by atoms with E-state index in [4.69, 9.17) is 11.6 Å². The number of nitrogens with zero attached hydrogens (tertiary/aromatic N) is 2. The molecule has 0 radical (unpaired) electrons. The Balaban J connectivity index is 0. The minimum atomic E-state index is 0. The molecule has 0 rings (SSSR count). The maximum absolute atomic E-state index is 5.48. The van der Waals surface area contributed by atoms with Crippen LogP contribution in [-0.2, 0) is 0 Å². The molecule has 0 atom stereocenters. The van der Waals surface area contributed by atoms with Gasteiger partial charge in [0.2, 0.25) is 0 Å². The molecular formula is C4H10Cl2N2. The molecular weight excluding hydrogens is 147 g/mol. The van der Waals surface area contributed by atoms with Crippen LogP contribution in [0.2, 0.25) is 0 Å². The molecule has 0 heterocycles. The van der Waals surface area contributed by atoms with Crippen molar-refractivity contribution in [1.29, 1.82) is 0 Å². The highest BCUT2D eigenvalue weighted by Gasteiger charge is 1.88. The standard InChI is InChI=1S/C4H9ClN2.ClH/c1-6-4(5)7(2)3;/h1-3H3;1H/b6-4+;. The van der Waals surface area contributed by atoms with Crippen LogP contribution in [0, 0.1) is 0 Å². The maximum Gasteiger partial charge on any atom is 0.193 e. The van der Waals surface area contributed by atoms with Crippen molar-refractivity contribution in [2.24, 2.45) is 4.99 Å². The van der Waals surface area contributed by atoms with Gasteiger partial charge in [-0.2, -0.15) is 0 Å². The topological polar surface area (TPSA) is 15.6 Å². The Hall–Kier alpha value is 0.0500. The van der Waals surface area contributed by atoms with Crippen molar-refractivity contribution in [3.63, 3.8) is 0 Å². The van der Waals surface area contributed by atoms with E-state index in [0.717, 1.165) is 0 Å². The largest absolute Gasteiger partial charge is 0.353 e. The summed E-state index contributed by atoms with van der Waals surface area (Å²) < 4.78 is 0. The molecule has 0 spiro atoms. The molecule has 0 aromatic heterocycles. The Labute approximate surface area is 60.9 Å².